The van der Waals surface area contributed by atoms with E-state index in [0.29, 0.717) is 12.4 Å². The summed E-state index contributed by atoms with van der Waals surface area (Å²) >= 11 is 0. The van der Waals surface area contributed by atoms with E-state index in [1.54, 1.807) is 4.90 Å². The molecule has 0 aliphatic carbocycles. The number of likely N-dealkylation sites (tertiary alicyclic amines) is 1. The third-order valence-electron chi connectivity index (χ3n) is 3.20. The molecule has 1 unspecified atom stereocenters. The van der Waals surface area contributed by atoms with Crippen molar-refractivity contribution < 1.29 is 4.79 Å². The van der Waals surface area contributed by atoms with Crippen LogP contribution in [0, 0.1) is 0 Å². The molecular weight excluding hydrogens is 180 g/mol. The van der Waals surface area contributed by atoms with Crippen LogP contribution in [0.5, 0.6) is 0 Å². The third kappa shape index (κ3) is 1.05. The normalized spacial score (nSPS) is 33.1. The number of carbonyl (C=O) groups excluding carboxylic acids is 1. The molecule has 2 amide bonds. The summed E-state index contributed by atoms with van der Waals surface area (Å²) in [5, 5.41) is 0. The largest absolute Gasteiger partial charge is 0.385 e. The molecular formula is C9H16N4O. The van der Waals surface area contributed by atoms with Gasteiger partial charge in [0.25, 0.3) is 0 Å². The second-order valence-electron chi connectivity index (χ2n) is 4.04. The highest BCUT2D eigenvalue weighted by molar-refractivity contribution is 6.06. The van der Waals surface area contributed by atoms with E-state index in [9.17, 15) is 4.79 Å². The second-order valence-corrected chi connectivity index (χ2v) is 4.04. The molecule has 2 aliphatic heterocycles. The molecule has 0 bridgehead atoms. The number of likely N-dealkylation sites (N-methyl/N-ethyl adjacent to an activating group) is 2. The summed E-state index contributed by atoms with van der Waals surface area (Å²) in [5.74, 6) is 0.494. The Morgan fingerprint density at radius 1 is 1.64 bits per heavy atom. The predicted octanol–water partition coefficient (Wildman–Crippen LogP) is -0.127. The van der Waals surface area contributed by atoms with Gasteiger partial charge in [0, 0.05) is 19.6 Å². The number of amides is 2. The summed E-state index contributed by atoms with van der Waals surface area (Å²) in [6.45, 7) is 4.42. The molecule has 1 spiro atoms. The molecule has 2 aliphatic rings. The molecule has 2 rings (SSSR count). The second kappa shape index (κ2) is 2.95. The Morgan fingerprint density at radius 3 is 2.86 bits per heavy atom. The highest BCUT2D eigenvalue weighted by Gasteiger charge is 2.50. The number of amidine groups is 1. The monoisotopic (exact) mass is 196 g/mol. The SMILES string of the molecule is CCN1C(=O)N=C(N)C12CCN(C)C2. The van der Waals surface area contributed by atoms with Crippen LogP contribution in [0.3, 0.4) is 0 Å². The minimum absolute atomic E-state index is 0.180. The van der Waals surface area contributed by atoms with Gasteiger partial charge in [-0.1, -0.05) is 0 Å². The Labute approximate surface area is 83.6 Å². The van der Waals surface area contributed by atoms with Crippen molar-refractivity contribution in [2.75, 3.05) is 26.7 Å². The predicted molar refractivity (Wildman–Crippen MR) is 54.2 cm³/mol. The van der Waals surface area contributed by atoms with Crippen molar-refractivity contribution in [3.8, 4) is 0 Å². The van der Waals surface area contributed by atoms with Crippen LogP contribution in [0.25, 0.3) is 0 Å². The van der Waals surface area contributed by atoms with Crippen molar-refractivity contribution in [1.82, 2.24) is 9.80 Å². The van der Waals surface area contributed by atoms with Gasteiger partial charge in [-0.05, 0) is 20.4 Å². The third-order valence-corrected chi connectivity index (χ3v) is 3.20. The van der Waals surface area contributed by atoms with E-state index in [-0.39, 0.29) is 11.6 Å². The lowest BCUT2D eigenvalue weighted by Gasteiger charge is -2.33. The molecule has 1 saturated heterocycles. The van der Waals surface area contributed by atoms with Crippen LogP contribution in [0.2, 0.25) is 0 Å². The minimum atomic E-state index is -0.305. The van der Waals surface area contributed by atoms with E-state index >= 15 is 0 Å². The van der Waals surface area contributed by atoms with E-state index < -0.39 is 0 Å². The van der Waals surface area contributed by atoms with Crippen LogP contribution in [-0.2, 0) is 0 Å². The molecule has 0 aromatic heterocycles. The summed E-state index contributed by atoms with van der Waals surface area (Å²) < 4.78 is 0. The lowest BCUT2D eigenvalue weighted by molar-refractivity contribution is 0.177. The summed E-state index contributed by atoms with van der Waals surface area (Å²) in [7, 11) is 2.04. The summed E-state index contributed by atoms with van der Waals surface area (Å²) in [5.41, 5.74) is 5.55. The Balaban J connectivity index is 2.33. The number of nitrogens with two attached hydrogens (primary N) is 1. The lowest BCUT2D eigenvalue weighted by atomic mass is 9.96. The zero-order valence-electron chi connectivity index (χ0n) is 8.66. The van der Waals surface area contributed by atoms with Crippen LogP contribution in [-0.4, -0.2) is 53.9 Å². The van der Waals surface area contributed by atoms with E-state index in [1.165, 1.54) is 0 Å². The Kier molecular flexibility index (Phi) is 1.99. The van der Waals surface area contributed by atoms with Gasteiger partial charge in [0.15, 0.2) is 0 Å². The fourth-order valence-electron chi connectivity index (χ4n) is 2.44. The van der Waals surface area contributed by atoms with Gasteiger partial charge in [0.2, 0.25) is 0 Å². The summed E-state index contributed by atoms with van der Waals surface area (Å²) in [6, 6.07) is -0.180. The average molecular weight is 196 g/mol. The summed E-state index contributed by atoms with van der Waals surface area (Å²) in [6.07, 6.45) is 0.901. The molecule has 1 fully saturated rings. The van der Waals surface area contributed by atoms with Gasteiger partial charge in [-0.3, -0.25) is 0 Å². The van der Waals surface area contributed by atoms with Crippen molar-refractivity contribution in [3.63, 3.8) is 0 Å². The Bertz CT molecular complexity index is 301. The highest BCUT2D eigenvalue weighted by atomic mass is 16.2. The number of urea groups is 1. The van der Waals surface area contributed by atoms with Crippen LogP contribution in [0.15, 0.2) is 4.99 Å². The molecule has 0 aromatic rings. The van der Waals surface area contributed by atoms with Crippen LogP contribution in [0.1, 0.15) is 13.3 Å². The van der Waals surface area contributed by atoms with E-state index in [0.717, 1.165) is 19.5 Å². The smallest absolute Gasteiger partial charge is 0.346 e. The minimum Gasteiger partial charge on any atom is -0.385 e. The molecule has 5 heteroatoms. The van der Waals surface area contributed by atoms with Gasteiger partial charge >= 0.3 is 6.03 Å². The van der Waals surface area contributed by atoms with Gasteiger partial charge in [0.05, 0.1) is 0 Å². The number of hydrogen-bond acceptors (Lipinski definition) is 3. The number of rotatable bonds is 1. The number of nitrogens with zero attached hydrogens (tertiary/aromatic N) is 3. The van der Waals surface area contributed by atoms with Gasteiger partial charge in [-0.15, -0.1) is 0 Å². The molecule has 0 saturated carbocycles. The van der Waals surface area contributed by atoms with Gasteiger partial charge in [0.1, 0.15) is 11.4 Å². The molecule has 0 aromatic carbocycles. The van der Waals surface area contributed by atoms with Gasteiger partial charge < -0.3 is 15.5 Å². The first-order valence-electron chi connectivity index (χ1n) is 4.95. The quantitative estimate of drug-likeness (QED) is 0.635. The average Bonchev–Trinajstić information content (AvgIpc) is 2.59. The highest BCUT2D eigenvalue weighted by Crippen LogP contribution is 2.31. The zero-order valence-corrected chi connectivity index (χ0v) is 8.66. The van der Waals surface area contributed by atoms with Crippen LogP contribution in [0.4, 0.5) is 4.79 Å². The molecule has 1 atom stereocenters. The lowest BCUT2D eigenvalue weighted by Crippen LogP contribution is -2.55. The maximum Gasteiger partial charge on any atom is 0.346 e. The number of carbonyl (C=O) groups is 1. The van der Waals surface area contributed by atoms with Gasteiger partial charge in [-0.25, -0.2) is 4.79 Å². The van der Waals surface area contributed by atoms with Crippen LogP contribution < -0.4 is 5.73 Å². The first-order valence-corrected chi connectivity index (χ1v) is 4.95. The zero-order chi connectivity index (χ0) is 10.3. The van der Waals surface area contributed by atoms with E-state index in [1.807, 2.05) is 14.0 Å². The number of hydrogen-bond donors (Lipinski definition) is 1. The van der Waals surface area contributed by atoms with Crippen molar-refractivity contribution in [3.05, 3.63) is 0 Å². The standard InChI is InChI=1S/C9H16N4O/c1-3-13-8(14)11-7(10)9(13)4-5-12(2)6-9/h3-6H2,1-2H3,(H2,10,11,14). The van der Waals surface area contributed by atoms with Crippen molar-refractivity contribution >= 4 is 11.9 Å². The fraction of sp³-hybridized carbons (Fsp3) is 0.778. The molecule has 14 heavy (non-hydrogen) atoms. The van der Waals surface area contributed by atoms with Gasteiger partial charge in [-0.2, -0.15) is 4.99 Å². The first kappa shape index (κ1) is 9.45. The Morgan fingerprint density at radius 2 is 2.36 bits per heavy atom. The topological polar surface area (TPSA) is 61.9 Å². The number of aliphatic imine (C=N–C) groups is 1. The van der Waals surface area contributed by atoms with E-state index in [4.69, 9.17) is 5.73 Å². The maximum atomic E-state index is 11.5. The van der Waals surface area contributed by atoms with Crippen LogP contribution >= 0.6 is 0 Å². The van der Waals surface area contributed by atoms with E-state index in [2.05, 4.69) is 9.89 Å². The molecule has 2 N–H and O–H groups in total. The van der Waals surface area contributed by atoms with Crippen molar-refractivity contribution in [1.29, 1.82) is 0 Å². The maximum absolute atomic E-state index is 11.5. The van der Waals surface area contributed by atoms with Crippen molar-refractivity contribution in [2.24, 2.45) is 10.7 Å². The fourth-order valence-corrected chi connectivity index (χ4v) is 2.44. The summed E-state index contributed by atoms with van der Waals surface area (Å²) in [4.78, 5) is 19.4. The first-order chi connectivity index (χ1) is 6.60. The Hall–Kier alpha value is -1.10. The molecule has 2 heterocycles. The molecule has 78 valence electrons. The van der Waals surface area contributed by atoms with Crippen molar-refractivity contribution in [2.45, 2.75) is 18.9 Å². The molecule has 0 radical (unpaired) electrons. The molecule has 5 nitrogen and oxygen atoms in total.